The smallest absolute Gasteiger partial charge is 0.414 e. The normalized spacial score (nSPS) is 18.7. The van der Waals surface area contributed by atoms with Gasteiger partial charge in [0.05, 0.1) is 36.7 Å². The minimum atomic E-state index is -0.800. The summed E-state index contributed by atoms with van der Waals surface area (Å²) >= 11 is 1.04. The molecule has 31 heavy (non-hydrogen) atoms. The molecule has 2 N–H and O–H groups in total. The van der Waals surface area contributed by atoms with Crippen LogP contribution in [0.1, 0.15) is 12.0 Å². The third kappa shape index (κ3) is 4.49. The first kappa shape index (κ1) is 21.1. The summed E-state index contributed by atoms with van der Waals surface area (Å²) in [6, 6.07) is 2.21. The second-order valence-electron chi connectivity index (χ2n) is 7.05. The van der Waals surface area contributed by atoms with Gasteiger partial charge in [0.2, 0.25) is 5.91 Å². The highest BCUT2D eigenvalue weighted by Gasteiger charge is 2.33. The molecule has 4 rings (SSSR count). The Kier molecular flexibility index (Phi) is 6.09. The van der Waals surface area contributed by atoms with Gasteiger partial charge in [0.1, 0.15) is 24.3 Å². The van der Waals surface area contributed by atoms with Gasteiger partial charge in [0, 0.05) is 18.7 Å². The Morgan fingerprint density at radius 2 is 2.13 bits per heavy atom. The highest BCUT2D eigenvalue weighted by Crippen LogP contribution is 2.32. The van der Waals surface area contributed by atoms with Crippen molar-refractivity contribution in [3.63, 3.8) is 0 Å². The van der Waals surface area contributed by atoms with Crippen molar-refractivity contribution in [3.8, 4) is 0 Å². The van der Waals surface area contributed by atoms with Crippen molar-refractivity contribution >= 4 is 40.8 Å². The van der Waals surface area contributed by atoms with E-state index in [0.717, 1.165) is 23.9 Å². The molecule has 1 aromatic carbocycles. The van der Waals surface area contributed by atoms with Crippen LogP contribution in [0.3, 0.4) is 0 Å². The van der Waals surface area contributed by atoms with Gasteiger partial charge in [0.15, 0.2) is 5.82 Å². The first-order chi connectivity index (χ1) is 15.0. The summed E-state index contributed by atoms with van der Waals surface area (Å²) in [4.78, 5) is 26.4. The van der Waals surface area contributed by atoms with Crippen LogP contribution in [0.5, 0.6) is 0 Å². The van der Waals surface area contributed by atoms with Gasteiger partial charge in [0.25, 0.3) is 0 Å². The Balaban J connectivity index is 1.46. The van der Waals surface area contributed by atoms with Crippen LogP contribution in [0.4, 0.5) is 25.1 Å². The fourth-order valence-corrected chi connectivity index (χ4v) is 3.94. The summed E-state index contributed by atoms with van der Waals surface area (Å²) in [5, 5.41) is 11.9. The average molecular weight is 451 g/mol. The number of hydrogen-bond donors (Lipinski definition) is 2. The molecule has 2 aliphatic rings. The fourth-order valence-electron chi connectivity index (χ4n) is 3.54. The molecule has 12 heteroatoms. The van der Waals surface area contributed by atoms with Gasteiger partial charge in [-0.2, -0.15) is 8.75 Å². The number of halogens is 2. The molecule has 1 fully saturated rings. The molecule has 1 saturated heterocycles. The van der Waals surface area contributed by atoms with E-state index in [2.05, 4.69) is 14.1 Å². The zero-order chi connectivity index (χ0) is 22.0. The van der Waals surface area contributed by atoms with E-state index in [1.165, 1.54) is 9.80 Å². The van der Waals surface area contributed by atoms with E-state index in [4.69, 9.17) is 9.84 Å². The molecule has 1 atom stereocenters. The third-order valence-electron chi connectivity index (χ3n) is 5.10. The van der Waals surface area contributed by atoms with Gasteiger partial charge >= 0.3 is 6.09 Å². The van der Waals surface area contributed by atoms with Crippen LogP contribution in [-0.4, -0.2) is 69.6 Å². The molecule has 0 aliphatic carbocycles. The lowest BCUT2D eigenvalue weighted by Crippen LogP contribution is -2.36. The number of anilines is 2. The largest absolute Gasteiger partial charge is 0.442 e. The highest BCUT2D eigenvalue weighted by molar-refractivity contribution is 6.99. The number of rotatable bonds is 6. The zero-order valence-electron chi connectivity index (χ0n) is 16.3. The number of carbonyl (C=O) groups is 2. The lowest BCUT2D eigenvalue weighted by molar-refractivity contribution is -0.133. The van der Waals surface area contributed by atoms with Crippen molar-refractivity contribution in [1.29, 1.82) is 0 Å². The van der Waals surface area contributed by atoms with Crippen LogP contribution in [-0.2, 0) is 9.53 Å². The maximum absolute atomic E-state index is 14.8. The van der Waals surface area contributed by atoms with Crippen LogP contribution >= 0.6 is 11.7 Å². The summed E-state index contributed by atoms with van der Waals surface area (Å²) in [7, 11) is 0. The second kappa shape index (κ2) is 8.94. The Labute approximate surface area is 180 Å². The number of nitrogens with one attached hydrogen (secondary N) is 1. The summed E-state index contributed by atoms with van der Waals surface area (Å²) in [5.74, 6) is -1.48. The van der Waals surface area contributed by atoms with Gasteiger partial charge in [-0.25, -0.2) is 13.6 Å². The maximum Gasteiger partial charge on any atom is 0.414 e. The first-order valence-electron chi connectivity index (χ1n) is 9.53. The standard InChI is InChI=1S/C19H19F2N5O4S/c20-14-5-12(26-9-13(30-19(26)29)7-22-16-8-23-31-24-16)6-15(21)18(14)11-1-3-25(4-2-11)17(28)10-27/h1,5-6,8,13,27H,2-4,7,9-10H2,(H,22,24)/t13-/m0/s1. The fraction of sp³-hybridized carbons (Fsp3) is 0.368. The SMILES string of the molecule is O=C(CO)N1CC=C(c2c(F)cc(N3C[C@H](CNc4cnsn4)OC3=O)cc2F)CC1. The van der Waals surface area contributed by atoms with Crippen LogP contribution in [0.2, 0.25) is 0 Å². The Bertz CT molecular complexity index is 994. The van der Waals surface area contributed by atoms with Crippen LogP contribution < -0.4 is 10.2 Å². The third-order valence-corrected chi connectivity index (χ3v) is 5.58. The predicted molar refractivity (Wildman–Crippen MR) is 109 cm³/mol. The van der Waals surface area contributed by atoms with E-state index in [9.17, 15) is 18.4 Å². The second-order valence-corrected chi connectivity index (χ2v) is 7.61. The lowest BCUT2D eigenvalue weighted by Gasteiger charge is -2.26. The topological polar surface area (TPSA) is 108 Å². The molecule has 1 aromatic heterocycles. The molecule has 2 aliphatic heterocycles. The molecule has 0 radical (unpaired) electrons. The van der Waals surface area contributed by atoms with Gasteiger partial charge in [-0.3, -0.25) is 9.69 Å². The average Bonchev–Trinajstić information content (AvgIpc) is 3.41. The monoisotopic (exact) mass is 451 g/mol. The molecule has 0 bridgehead atoms. The molecular formula is C19H19F2N5O4S. The Morgan fingerprint density at radius 1 is 1.35 bits per heavy atom. The molecule has 2 aromatic rings. The van der Waals surface area contributed by atoms with Crippen molar-refractivity contribution in [2.45, 2.75) is 12.5 Å². The molecule has 164 valence electrons. The van der Waals surface area contributed by atoms with E-state index < -0.39 is 36.3 Å². The number of benzene rings is 1. The number of hydrogen-bond acceptors (Lipinski definition) is 8. The zero-order valence-corrected chi connectivity index (χ0v) is 17.1. The van der Waals surface area contributed by atoms with E-state index in [1.54, 1.807) is 12.3 Å². The van der Waals surface area contributed by atoms with Gasteiger partial charge in [-0.05, 0) is 24.1 Å². The summed E-state index contributed by atoms with van der Waals surface area (Å²) in [6.45, 7) is 0.226. The predicted octanol–water partition coefficient (Wildman–Crippen LogP) is 1.86. The molecule has 0 unspecified atom stereocenters. The lowest BCUT2D eigenvalue weighted by atomic mass is 9.97. The molecule has 9 nitrogen and oxygen atoms in total. The Morgan fingerprint density at radius 3 is 2.74 bits per heavy atom. The Hall–Kier alpha value is -3.12. The summed E-state index contributed by atoms with van der Waals surface area (Å²) in [5.41, 5.74) is 0.322. The maximum atomic E-state index is 14.8. The number of nitrogens with zero attached hydrogens (tertiary/aromatic N) is 4. The molecular weight excluding hydrogens is 432 g/mol. The van der Waals surface area contributed by atoms with Crippen molar-refractivity contribution < 1.29 is 28.2 Å². The van der Waals surface area contributed by atoms with Gasteiger partial charge in [-0.1, -0.05) is 6.08 Å². The highest BCUT2D eigenvalue weighted by atomic mass is 32.1. The summed E-state index contributed by atoms with van der Waals surface area (Å²) < 4.78 is 42.8. The van der Waals surface area contributed by atoms with E-state index in [1.807, 2.05) is 0 Å². The summed E-state index contributed by atoms with van der Waals surface area (Å²) in [6.07, 6.45) is 2.16. The minimum Gasteiger partial charge on any atom is -0.442 e. The first-order valence-corrected chi connectivity index (χ1v) is 10.3. The molecule has 0 spiro atoms. The van der Waals surface area contributed by atoms with E-state index in [-0.39, 0.29) is 43.9 Å². The number of aromatic nitrogens is 2. The molecule has 2 amide bonds. The van der Waals surface area contributed by atoms with Crippen LogP contribution in [0.15, 0.2) is 24.4 Å². The number of carbonyl (C=O) groups excluding carboxylic acids is 2. The molecule has 0 saturated carbocycles. The quantitative estimate of drug-likeness (QED) is 0.690. The number of aliphatic hydroxyl groups excluding tert-OH is 1. The van der Waals surface area contributed by atoms with Crippen molar-refractivity contribution in [3.05, 3.63) is 41.6 Å². The van der Waals surface area contributed by atoms with E-state index in [0.29, 0.717) is 11.4 Å². The van der Waals surface area contributed by atoms with Crippen LogP contribution in [0, 0.1) is 11.6 Å². The van der Waals surface area contributed by atoms with Crippen molar-refractivity contribution in [2.24, 2.45) is 0 Å². The van der Waals surface area contributed by atoms with Crippen molar-refractivity contribution in [2.75, 3.05) is 43.0 Å². The van der Waals surface area contributed by atoms with Gasteiger partial charge in [-0.15, -0.1) is 0 Å². The molecule has 3 heterocycles. The van der Waals surface area contributed by atoms with Gasteiger partial charge < -0.3 is 20.1 Å². The number of ether oxygens (including phenoxy) is 1. The van der Waals surface area contributed by atoms with E-state index >= 15 is 0 Å². The van der Waals surface area contributed by atoms with Crippen LogP contribution in [0.25, 0.3) is 5.57 Å². The van der Waals surface area contributed by atoms with Crippen molar-refractivity contribution in [1.82, 2.24) is 13.6 Å². The number of cyclic esters (lactones) is 1. The minimum absolute atomic E-state index is 0.0649. The number of aliphatic hydroxyl groups is 1. The number of amides is 2.